The lowest BCUT2D eigenvalue weighted by Crippen LogP contribution is -2.36. The lowest BCUT2D eigenvalue weighted by atomic mass is 10.2. The summed E-state index contributed by atoms with van der Waals surface area (Å²) >= 11 is 1.92. The van der Waals surface area contributed by atoms with Crippen molar-refractivity contribution >= 4 is 67.1 Å². The van der Waals surface area contributed by atoms with Crippen LogP contribution in [0.2, 0.25) is 0 Å². The van der Waals surface area contributed by atoms with Crippen LogP contribution in [0.4, 0.5) is 15.6 Å². The van der Waals surface area contributed by atoms with Gasteiger partial charge in [-0.05, 0) is 47.7 Å². The highest BCUT2D eigenvalue weighted by Crippen LogP contribution is 2.32. The van der Waals surface area contributed by atoms with Crippen LogP contribution in [0.25, 0.3) is 6.08 Å². The molecular formula is C21H16N4O5S3. The predicted molar refractivity (Wildman–Crippen MR) is 127 cm³/mol. The van der Waals surface area contributed by atoms with Crippen molar-refractivity contribution in [2.45, 2.75) is 4.90 Å². The van der Waals surface area contributed by atoms with Crippen LogP contribution in [-0.4, -0.2) is 41.9 Å². The third-order valence-corrected chi connectivity index (χ3v) is 7.45. The number of rotatable bonds is 7. The van der Waals surface area contributed by atoms with Gasteiger partial charge in [0.25, 0.3) is 21.2 Å². The number of thiazole rings is 1. The first kappa shape index (κ1) is 22.7. The van der Waals surface area contributed by atoms with Gasteiger partial charge in [0.1, 0.15) is 6.54 Å². The smallest absolute Gasteiger partial charge is 0.294 e. The number of nitrogens with one attached hydrogen (secondary N) is 2. The van der Waals surface area contributed by atoms with Crippen LogP contribution in [0, 0.1) is 0 Å². The highest BCUT2D eigenvalue weighted by molar-refractivity contribution is 8.18. The first-order valence-electron chi connectivity index (χ1n) is 9.44. The minimum atomic E-state index is -3.82. The van der Waals surface area contributed by atoms with Gasteiger partial charge in [0.2, 0.25) is 5.91 Å². The van der Waals surface area contributed by atoms with Crippen LogP contribution < -0.4 is 10.0 Å². The fourth-order valence-corrected chi connectivity index (χ4v) is 5.47. The third kappa shape index (κ3) is 5.48. The van der Waals surface area contributed by atoms with Gasteiger partial charge in [0, 0.05) is 17.3 Å². The van der Waals surface area contributed by atoms with E-state index in [-0.39, 0.29) is 14.9 Å². The summed E-state index contributed by atoms with van der Waals surface area (Å²) in [6.07, 6.45) is 3.08. The molecule has 1 aromatic heterocycles. The Morgan fingerprint density at radius 3 is 2.45 bits per heavy atom. The molecule has 0 saturated carbocycles. The molecule has 3 aromatic rings. The molecule has 0 unspecified atom stereocenters. The zero-order chi connectivity index (χ0) is 23.4. The van der Waals surface area contributed by atoms with E-state index in [0.717, 1.165) is 33.6 Å². The average Bonchev–Trinajstić information content (AvgIpc) is 3.38. The second-order valence-corrected chi connectivity index (χ2v) is 10.3. The first-order chi connectivity index (χ1) is 15.8. The SMILES string of the molecule is O=C(CN1C(=O)S/C(=C/c2ccccc2)C1=O)Nc1ccc(S(=O)(=O)Nc2nccs2)cc1. The van der Waals surface area contributed by atoms with Gasteiger partial charge in [0.15, 0.2) is 5.13 Å². The molecule has 4 rings (SSSR count). The fraction of sp³-hybridized carbons (Fsp3) is 0.0476. The van der Waals surface area contributed by atoms with E-state index in [4.69, 9.17) is 0 Å². The van der Waals surface area contributed by atoms with Crippen molar-refractivity contribution in [2.75, 3.05) is 16.6 Å². The van der Waals surface area contributed by atoms with Gasteiger partial charge < -0.3 is 5.32 Å². The molecule has 168 valence electrons. The third-order valence-electron chi connectivity index (χ3n) is 4.38. The van der Waals surface area contributed by atoms with E-state index >= 15 is 0 Å². The molecule has 0 spiro atoms. The van der Waals surface area contributed by atoms with E-state index in [9.17, 15) is 22.8 Å². The van der Waals surface area contributed by atoms with Crippen molar-refractivity contribution < 1.29 is 22.8 Å². The maximum absolute atomic E-state index is 12.6. The summed E-state index contributed by atoms with van der Waals surface area (Å²) in [5.41, 5.74) is 1.09. The Bertz CT molecular complexity index is 1320. The van der Waals surface area contributed by atoms with Gasteiger partial charge in [0.05, 0.1) is 9.80 Å². The molecular weight excluding hydrogens is 484 g/mol. The number of amides is 3. The quantitative estimate of drug-likeness (QED) is 0.475. The summed E-state index contributed by atoms with van der Waals surface area (Å²) < 4.78 is 27.1. The Kier molecular flexibility index (Phi) is 6.58. The van der Waals surface area contributed by atoms with Gasteiger partial charge in [-0.15, -0.1) is 11.3 Å². The molecule has 9 nitrogen and oxygen atoms in total. The minimum Gasteiger partial charge on any atom is -0.325 e. The largest absolute Gasteiger partial charge is 0.325 e. The molecule has 0 bridgehead atoms. The molecule has 2 N–H and O–H groups in total. The second-order valence-electron chi connectivity index (χ2n) is 6.69. The van der Waals surface area contributed by atoms with Gasteiger partial charge in [-0.2, -0.15) is 0 Å². The van der Waals surface area contributed by atoms with Crippen LogP contribution in [0.5, 0.6) is 0 Å². The van der Waals surface area contributed by atoms with E-state index in [1.165, 1.54) is 30.5 Å². The lowest BCUT2D eigenvalue weighted by molar-refractivity contribution is -0.127. The van der Waals surface area contributed by atoms with Crippen molar-refractivity contribution in [2.24, 2.45) is 0 Å². The van der Waals surface area contributed by atoms with Gasteiger partial charge in [-0.25, -0.2) is 13.4 Å². The molecule has 3 amide bonds. The topological polar surface area (TPSA) is 126 Å². The molecule has 0 aliphatic carbocycles. The summed E-state index contributed by atoms with van der Waals surface area (Å²) in [7, 11) is -3.82. The van der Waals surface area contributed by atoms with E-state index in [2.05, 4.69) is 15.0 Å². The van der Waals surface area contributed by atoms with Crippen molar-refractivity contribution in [3.8, 4) is 0 Å². The summed E-state index contributed by atoms with van der Waals surface area (Å²) in [5.74, 6) is -1.13. The Morgan fingerprint density at radius 2 is 1.79 bits per heavy atom. The van der Waals surface area contributed by atoms with Gasteiger partial charge >= 0.3 is 0 Å². The molecule has 2 aromatic carbocycles. The molecule has 1 saturated heterocycles. The number of hydrogen-bond donors (Lipinski definition) is 2. The van der Waals surface area contributed by atoms with Crippen molar-refractivity contribution in [3.05, 3.63) is 76.6 Å². The Hall–Kier alpha value is -3.48. The maximum atomic E-state index is 12.6. The predicted octanol–water partition coefficient (Wildman–Crippen LogP) is 3.62. The van der Waals surface area contributed by atoms with Crippen LogP contribution >= 0.6 is 23.1 Å². The number of thioether (sulfide) groups is 1. The average molecular weight is 501 g/mol. The maximum Gasteiger partial charge on any atom is 0.294 e. The van der Waals surface area contributed by atoms with E-state index < -0.39 is 33.6 Å². The summed E-state index contributed by atoms with van der Waals surface area (Å²) in [6.45, 7) is -0.456. The summed E-state index contributed by atoms with van der Waals surface area (Å²) in [6, 6.07) is 14.6. The van der Waals surface area contributed by atoms with Gasteiger partial charge in [-0.3, -0.25) is 24.0 Å². The first-order valence-corrected chi connectivity index (χ1v) is 12.6. The monoisotopic (exact) mass is 500 g/mol. The van der Waals surface area contributed by atoms with Crippen LogP contribution in [0.3, 0.4) is 0 Å². The Balaban J connectivity index is 1.38. The normalized spacial score (nSPS) is 15.2. The molecule has 0 radical (unpaired) electrons. The Labute approximate surface area is 197 Å². The molecule has 0 atom stereocenters. The molecule has 2 heterocycles. The van der Waals surface area contributed by atoms with Crippen LogP contribution in [0.15, 0.2) is 76.0 Å². The number of carbonyl (C=O) groups is 3. The summed E-state index contributed by atoms with van der Waals surface area (Å²) in [5, 5.41) is 3.91. The molecule has 1 aliphatic rings. The number of sulfonamides is 1. The highest BCUT2D eigenvalue weighted by Gasteiger charge is 2.36. The fourth-order valence-electron chi connectivity index (χ4n) is 2.85. The Morgan fingerprint density at radius 1 is 1.06 bits per heavy atom. The lowest BCUT2D eigenvalue weighted by Gasteiger charge is -2.13. The van der Waals surface area contributed by atoms with Crippen molar-refractivity contribution in [1.29, 1.82) is 0 Å². The number of imide groups is 1. The number of aromatic nitrogens is 1. The van der Waals surface area contributed by atoms with Crippen LogP contribution in [0.1, 0.15) is 5.56 Å². The van der Waals surface area contributed by atoms with Crippen molar-refractivity contribution in [1.82, 2.24) is 9.88 Å². The number of benzene rings is 2. The van der Waals surface area contributed by atoms with E-state index in [1.54, 1.807) is 23.6 Å². The zero-order valence-corrected chi connectivity index (χ0v) is 19.2. The number of anilines is 2. The van der Waals surface area contributed by atoms with E-state index in [1.807, 2.05) is 18.2 Å². The second kappa shape index (κ2) is 9.57. The summed E-state index contributed by atoms with van der Waals surface area (Å²) in [4.78, 5) is 42.2. The number of hydrogen-bond acceptors (Lipinski definition) is 8. The zero-order valence-electron chi connectivity index (χ0n) is 16.8. The molecule has 1 fully saturated rings. The van der Waals surface area contributed by atoms with E-state index in [0.29, 0.717) is 5.69 Å². The minimum absolute atomic E-state index is 0.00677. The standard InChI is InChI=1S/C21H16N4O5S3/c26-18(13-25-19(27)17(32-21(25)28)12-14-4-2-1-3-5-14)23-15-6-8-16(9-7-15)33(29,30)24-20-22-10-11-31-20/h1-12H,13H2,(H,22,24)(H,23,26)/b17-12+. The molecule has 1 aliphatic heterocycles. The molecule has 33 heavy (non-hydrogen) atoms. The highest BCUT2D eigenvalue weighted by atomic mass is 32.2. The van der Waals surface area contributed by atoms with Crippen molar-refractivity contribution in [3.63, 3.8) is 0 Å². The van der Waals surface area contributed by atoms with Crippen LogP contribution in [-0.2, 0) is 19.6 Å². The molecule has 12 heteroatoms. The van der Waals surface area contributed by atoms with Gasteiger partial charge in [-0.1, -0.05) is 30.3 Å². The number of carbonyl (C=O) groups excluding carboxylic acids is 3. The number of nitrogens with zero attached hydrogens (tertiary/aromatic N) is 2.